The van der Waals surface area contributed by atoms with Gasteiger partial charge in [0.25, 0.3) is 5.89 Å². The van der Waals surface area contributed by atoms with Crippen LogP contribution in [0.2, 0.25) is 0 Å². The molecule has 0 atom stereocenters. The van der Waals surface area contributed by atoms with Crippen molar-refractivity contribution in [3.05, 3.63) is 42.2 Å². The molecule has 0 saturated carbocycles. The van der Waals surface area contributed by atoms with Crippen LogP contribution in [0.4, 0.5) is 0 Å². The maximum Gasteiger partial charge on any atom is 0.374 e. The number of rotatable bonds is 7. The quantitative estimate of drug-likeness (QED) is 0.588. The summed E-state index contributed by atoms with van der Waals surface area (Å²) >= 11 is 0. The molecule has 0 unspecified atom stereocenters. The third-order valence-electron chi connectivity index (χ3n) is 3.43. The second-order valence-corrected chi connectivity index (χ2v) is 4.97. The number of aromatic nitrogens is 2. The van der Waals surface area contributed by atoms with Gasteiger partial charge in [0.05, 0.1) is 27.6 Å². The lowest BCUT2D eigenvalue weighted by molar-refractivity contribution is 0.0402. The van der Waals surface area contributed by atoms with Gasteiger partial charge in [0.1, 0.15) is 0 Å². The van der Waals surface area contributed by atoms with Crippen LogP contribution >= 0.6 is 0 Å². The van der Waals surface area contributed by atoms with E-state index in [0.29, 0.717) is 22.8 Å². The monoisotopic (exact) mass is 360 g/mol. The maximum absolute atomic E-state index is 11.7. The molecule has 2 aromatic heterocycles. The fraction of sp³-hybridized carbons (Fsp3) is 0.235. The number of carbonyl (C=O) groups excluding carboxylic acids is 1. The number of benzene rings is 1. The van der Waals surface area contributed by atoms with Gasteiger partial charge in [0.15, 0.2) is 18.1 Å². The fourth-order valence-corrected chi connectivity index (χ4v) is 2.23. The molecule has 9 heteroatoms. The SMILES string of the molecule is COc1cc(-c2nnc(COC(=O)c3ccco3)o2)cc(OC)c1OC. The van der Waals surface area contributed by atoms with Gasteiger partial charge < -0.3 is 27.8 Å². The molecule has 0 aliphatic carbocycles. The summed E-state index contributed by atoms with van der Waals surface area (Å²) in [6, 6.07) is 6.43. The van der Waals surface area contributed by atoms with Gasteiger partial charge in [-0.05, 0) is 24.3 Å². The lowest BCUT2D eigenvalue weighted by Crippen LogP contribution is -2.04. The summed E-state index contributed by atoms with van der Waals surface area (Å²) in [4.78, 5) is 11.7. The second kappa shape index (κ2) is 7.60. The van der Waals surface area contributed by atoms with Crippen molar-refractivity contribution < 1.29 is 32.6 Å². The van der Waals surface area contributed by atoms with E-state index in [0.717, 1.165) is 0 Å². The summed E-state index contributed by atoms with van der Waals surface area (Å²) in [5.41, 5.74) is 0.565. The van der Waals surface area contributed by atoms with Gasteiger partial charge in [-0.1, -0.05) is 0 Å². The molecule has 0 spiro atoms. The first-order valence-electron chi connectivity index (χ1n) is 7.49. The minimum absolute atomic E-state index is 0.0920. The van der Waals surface area contributed by atoms with Gasteiger partial charge >= 0.3 is 5.97 Å². The predicted molar refractivity (Wildman–Crippen MR) is 87.2 cm³/mol. The van der Waals surface area contributed by atoms with Crippen molar-refractivity contribution in [2.45, 2.75) is 6.61 Å². The zero-order valence-electron chi connectivity index (χ0n) is 14.3. The van der Waals surface area contributed by atoms with Crippen molar-refractivity contribution >= 4 is 5.97 Å². The van der Waals surface area contributed by atoms with Crippen molar-refractivity contribution in [2.75, 3.05) is 21.3 Å². The molecule has 9 nitrogen and oxygen atoms in total. The van der Waals surface area contributed by atoms with Crippen molar-refractivity contribution in [2.24, 2.45) is 0 Å². The minimum Gasteiger partial charge on any atom is -0.493 e. The van der Waals surface area contributed by atoms with E-state index < -0.39 is 5.97 Å². The number of esters is 1. The number of nitrogens with zero attached hydrogens (tertiary/aromatic N) is 2. The van der Waals surface area contributed by atoms with Crippen molar-refractivity contribution in [1.82, 2.24) is 10.2 Å². The molecule has 3 aromatic rings. The largest absolute Gasteiger partial charge is 0.493 e. The average molecular weight is 360 g/mol. The average Bonchev–Trinajstić information content (AvgIpc) is 3.36. The Morgan fingerprint density at radius 1 is 1.08 bits per heavy atom. The molecule has 3 rings (SSSR count). The van der Waals surface area contributed by atoms with Gasteiger partial charge in [0.2, 0.25) is 17.4 Å². The summed E-state index contributed by atoms with van der Waals surface area (Å²) in [7, 11) is 4.53. The number of furan rings is 1. The van der Waals surface area contributed by atoms with E-state index >= 15 is 0 Å². The molecule has 0 radical (unpaired) electrons. The van der Waals surface area contributed by atoms with E-state index in [1.807, 2.05) is 0 Å². The normalized spacial score (nSPS) is 10.4. The molecule has 0 fully saturated rings. The Kier molecular flexibility index (Phi) is 5.07. The highest BCUT2D eigenvalue weighted by Gasteiger charge is 2.18. The fourth-order valence-electron chi connectivity index (χ4n) is 2.23. The Labute approximate surface area is 148 Å². The van der Waals surface area contributed by atoms with E-state index in [-0.39, 0.29) is 24.1 Å². The summed E-state index contributed by atoms with van der Waals surface area (Å²) in [5.74, 6) is 1.17. The third-order valence-corrected chi connectivity index (χ3v) is 3.43. The highest BCUT2D eigenvalue weighted by atomic mass is 16.6. The maximum atomic E-state index is 11.7. The van der Waals surface area contributed by atoms with E-state index in [4.69, 9.17) is 27.8 Å². The van der Waals surface area contributed by atoms with Gasteiger partial charge in [-0.3, -0.25) is 0 Å². The number of carbonyl (C=O) groups is 1. The van der Waals surface area contributed by atoms with Crippen LogP contribution in [0, 0.1) is 0 Å². The van der Waals surface area contributed by atoms with Gasteiger partial charge in [-0.25, -0.2) is 4.79 Å². The second-order valence-electron chi connectivity index (χ2n) is 4.97. The van der Waals surface area contributed by atoms with Crippen LogP contribution in [0.5, 0.6) is 17.2 Å². The Bertz CT molecular complexity index is 861. The minimum atomic E-state index is -0.623. The first-order valence-corrected chi connectivity index (χ1v) is 7.49. The lowest BCUT2D eigenvalue weighted by atomic mass is 10.2. The highest BCUT2D eigenvalue weighted by Crippen LogP contribution is 2.40. The smallest absolute Gasteiger partial charge is 0.374 e. The van der Waals surface area contributed by atoms with E-state index in [9.17, 15) is 4.79 Å². The van der Waals surface area contributed by atoms with Crippen LogP contribution < -0.4 is 14.2 Å². The number of methoxy groups -OCH3 is 3. The zero-order valence-corrected chi connectivity index (χ0v) is 14.3. The summed E-state index contributed by atoms with van der Waals surface area (Å²) in [5, 5.41) is 7.81. The van der Waals surface area contributed by atoms with Gasteiger partial charge in [-0.15, -0.1) is 10.2 Å². The lowest BCUT2D eigenvalue weighted by Gasteiger charge is -2.12. The van der Waals surface area contributed by atoms with Crippen LogP contribution in [0.3, 0.4) is 0 Å². The zero-order chi connectivity index (χ0) is 18.5. The molecule has 0 saturated heterocycles. The Morgan fingerprint density at radius 3 is 2.38 bits per heavy atom. The van der Waals surface area contributed by atoms with Gasteiger partial charge in [-0.2, -0.15) is 0 Å². The molecule has 26 heavy (non-hydrogen) atoms. The van der Waals surface area contributed by atoms with E-state index in [2.05, 4.69) is 10.2 Å². The molecule has 0 aliphatic rings. The molecule has 0 aliphatic heterocycles. The van der Waals surface area contributed by atoms with Crippen molar-refractivity contribution in [3.8, 4) is 28.7 Å². The molecule has 1 aromatic carbocycles. The topological polar surface area (TPSA) is 106 Å². The number of ether oxygens (including phenoxy) is 4. The van der Waals surface area contributed by atoms with Crippen LogP contribution in [0.25, 0.3) is 11.5 Å². The highest BCUT2D eigenvalue weighted by molar-refractivity contribution is 5.86. The molecule has 0 N–H and O–H groups in total. The molecule has 136 valence electrons. The summed E-state index contributed by atoms with van der Waals surface area (Å²) in [6.07, 6.45) is 1.38. The van der Waals surface area contributed by atoms with Crippen LogP contribution in [0.1, 0.15) is 16.4 Å². The third kappa shape index (κ3) is 3.46. The summed E-state index contributed by atoms with van der Waals surface area (Å²) in [6.45, 7) is -0.184. The number of hydrogen-bond acceptors (Lipinski definition) is 9. The molecule has 0 bridgehead atoms. The predicted octanol–water partition coefficient (Wildman–Crippen LogP) is 2.71. The summed E-state index contributed by atoms with van der Waals surface area (Å²) < 4.78 is 31.4. The van der Waals surface area contributed by atoms with Crippen LogP contribution in [0.15, 0.2) is 39.4 Å². The Hall–Kier alpha value is -3.49. The molecular weight excluding hydrogens is 344 g/mol. The van der Waals surface area contributed by atoms with Gasteiger partial charge in [0, 0.05) is 5.56 Å². The molecule has 0 amide bonds. The van der Waals surface area contributed by atoms with Crippen molar-refractivity contribution in [1.29, 1.82) is 0 Å². The van der Waals surface area contributed by atoms with Crippen LogP contribution in [-0.4, -0.2) is 37.5 Å². The van der Waals surface area contributed by atoms with Crippen molar-refractivity contribution in [3.63, 3.8) is 0 Å². The first-order chi connectivity index (χ1) is 12.7. The Morgan fingerprint density at radius 2 is 1.81 bits per heavy atom. The van der Waals surface area contributed by atoms with Crippen LogP contribution in [-0.2, 0) is 11.3 Å². The first kappa shape index (κ1) is 17.3. The Balaban J connectivity index is 1.78. The molecule has 2 heterocycles. The standard InChI is InChI=1S/C17H16N2O7/c1-21-12-7-10(8-13(22-2)15(12)23-3)16-19-18-14(26-16)9-25-17(20)11-5-4-6-24-11/h4-8H,9H2,1-3H3. The van der Waals surface area contributed by atoms with E-state index in [1.54, 1.807) is 18.2 Å². The molecular formula is C17H16N2O7. The van der Waals surface area contributed by atoms with E-state index in [1.165, 1.54) is 33.7 Å². The number of hydrogen-bond donors (Lipinski definition) is 0.